The number of hydrogen-bond donors (Lipinski definition) is 1. The number of morpholine rings is 1. The number of pyridine rings is 1. The van der Waals surface area contributed by atoms with E-state index in [4.69, 9.17) is 4.74 Å². The number of amides is 1. The van der Waals surface area contributed by atoms with Gasteiger partial charge in [-0.3, -0.25) is 4.79 Å². The summed E-state index contributed by atoms with van der Waals surface area (Å²) in [5, 5.41) is 10.9. The first kappa shape index (κ1) is 24.5. The third-order valence-electron chi connectivity index (χ3n) is 5.52. The van der Waals surface area contributed by atoms with Gasteiger partial charge in [0.25, 0.3) is 5.91 Å². The molecule has 4 rings (SSSR count). The minimum atomic E-state index is -4.54. The van der Waals surface area contributed by atoms with Crippen LogP contribution in [0.2, 0.25) is 0 Å². The van der Waals surface area contributed by atoms with E-state index in [1.807, 2.05) is 0 Å². The van der Waals surface area contributed by atoms with Crippen LogP contribution in [0.15, 0.2) is 48.9 Å². The molecular weight excluding hydrogens is 475 g/mol. The highest BCUT2D eigenvalue weighted by Crippen LogP contribution is 2.32. The molecule has 0 aliphatic carbocycles. The third-order valence-corrected chi connectivity index (χ3v) is 5.52. The van der Waals surface area contributed by atoms with E-state index in [0.717, 1.165) is 22.6 Å². The lowest BCUT2D eigenvalue weighted by molar-refractivity contribution is -0.298. The van der Waals surface area contributed by atoms with Crippen molar-refractivity contribution in [2.75, 3.05) is 18.4 Å². The highest BCUT2D eigenvalue weighted by molar-refractivity contribution is 5.98. The van der Waals surface area contributed by atoms with Gasteiger partial charge in [-0.2, -0.15) is 36.9 Å². The molecule has 0 radical (unpaired) electrons. The van der Waals surface area contributed by atoms with Crippen LogP contribution in [0.5, 0.6) is 0 Å². The molecule has 1 N–H and O–H groups in total. The van der Waals surface area contributed by atoms with Crippen molar-refractivity contribution in [3.05, 3.63) is 65.6 Å². The van der Waals surface area contributed by atoms with E-state index < -0.39 is 42.4 Å². The minimum Gasteiger partial charge on any atom is -0.368 e. The van der Waals surface area contributed by atoms with Crippen LogP contribution in [-0.2, 0) is 10.9 Å². The average molecular weight is 496 g/mol. The molecule has 1 aromatic carbocycles. The molecule has 1 aliphatic rings. The van der Waals surface area contributed by atoms with Gasteiger partial charge in [0.05, 0.1) is 41.4 Å². The summed E-state index contributed by atoms with van der Waals surface area (Å²) in [5.41, 5.74) is 0.224. The van der Waals surface area contributed by atoms with E-state index >= 15 is 0 Å². The molecule has 1 fully saturated rings. The molecule has 0 bridgehead atoms. The summed E-state index contributed by atoms with van der Waals surface area (Å²) in [4.78, 5) is 19.5. The first-order valence-electron chi connectivity index (χ1n) is 10.6. The largest absolute Gasteiger partial charge is 0.417 e. The van der Waals surface area contributed by atoms with Gasteiger partial charge in [0.15, 0.2) is 0 Å². The normalized spacial score (nSPS) is 20.0. The van der Waals surface area contributed by atoms with Crippen molar-refractivity contribution >= 4 is 11.7 Å². The van der Waals surface area contributed by atoms with E-state index in [1.54, 1.807) is 25.1 Å². The Morgan fingerprint density at radius 3 is 2.54 bits per heavy atom. The molecule has 1 amide bonds. The minimum absolute atomic E-state index is 0.0897. The molecule has 1 saturated heterocycles. The summed E-state index contributed by atoms with van der Waals surface area (Å²) in [7, 11) is 0. The van der Waals surface area contributed by atoms with Crippen molar-refractivity contribution in [2.24, 2.45) is 0 Å². The Balaban J connectivity index is 1.61. The monoisotopic (exact) mass is 496 g/mol. The molecule has 0 unspecified atom stereocenters. The van der Waals surface area contributed by atoms with Gasteiger partial charge in [0.1, 0.15) is 12.4 Å². The number of carbonyl (C=O) groups excluding carboxylic acids is 1. The second-order valence-electron chi connectivity index (χ2n) is 8.11. The van der Waals surface area contributed by atoms with Crippen molar-refractivity contribution < 1.29 is 31.5 Å². The Labute approximate surface area is 196 Å². The van der Waals surface area contributed by atoms with Crippen LogP contribution >= 0.6 is 0 Å². The molecule has 2 atom stereocenters. The third kappa shape index (κ3) is 5.39. The predicted molar refractivity (Wildman–Crippen MR) is 114 cm³/mol. The van der Waals surface area contributed by atoms with E-state index in [9.17, 15) is 26.7 Å². The van der Waals surface area contributed by atoms with Gasteiger partial charge in [0.2, 0.25) is 0 Å². The molecule has 0 spiro atoms. The standard InChI is InChI=1S/C22H21F5N6O2/c1-13-3-5-17(33-30-7-8-31-33)16(9-13)20(34)32-12-21(23,24)35-14(2)18(32)11-29-19-6-4-15(10-28-19)22(25,26)27/h3-10,14,18H,11-12H2,1-2H3,(H,28,29)/t14-,18+/m0/s1. The number of ether oxygens (including phenoxy) is 1. The van der Waals surface area contributed by atoms with Crippen molar-refractivity contribution in [3.8, 4) is 5.69 Å². The summed E-state index contributed by atoms with van der Waals surface area (Å²) in [6.45, 7) is 2.04. The number of nitrogens with one attached hydrogen (secondary N) is 1. The van der Waals surface area contributed by atoms with E-state index in [-0.39, 0.29) is 17.9 Å². The summed E-state index contributed by atoms with van der Waals surface area (Å²) in [5.74, 6) is -0.602. The first-order chi connectivity index (χ1) is 16.4. The lowest BCUT2D eigenvalue weighted by atomic mass is 10.0. The Hall–Kier alpha value is -3.61. The number of aryl methyl sites for hydroxylation is 1. The molecule has 1 aliphatic heterocycles. The maximum absolute atomic E-state index is 14.3. The Kier molecular flexibility index (Phi) is 6.45. The van der Waals surface area contributed by atoms with Gasteiger partial charge >= 0.3 is 12.3 Å². The van der Waals surface area contributed by atoms with Crippen molar-refractivity contribution in [1.29, 1.82) is 0 Å². The number of alkyl halides is 5. The molecule has 0 saturated carbocycles. The van der Waals surface area contributed by atoms with Crippen LogP contribution < -0.4 is 5.32 Å². The number of rotatable bonds is 5. The number of nitrogens with zero attached hydrogens (tertiary/aromatic N) is 5. The summed E-state index contributed by atoms with van der Waals surface area (Å²) < 4.78 is 71.8. The predicted octanol–water partition coefficient (Wildman–Crippen LogP) is 3.92. The lowest BCUT2D eigenvalue weighted by Gasteiger charge is -2.43. The number of halogens is 5. The van der Waals surface area contributed by atoms with Crippen LogP contribution in [0, 0.1) is 6.92 Å². The fraction of sp³-hybridized carbons (Fsp3) is 0.364. The number of hydrogen-bond acceptors (Lipinski definition) is 6. The maximum Gasteiger partial charge on any atom is 0.417 e. The summed E-state index contributed by atoms with van der Waals surface area (Å²) in [6, 6.07) is 6.00. The molecule has 3 aromatic rings. The van der Waals surface area contributed by atoms with Gasteiger partial charge in [0, 0.05) is 12.7 Å². The zero-order chi connectivity index (χ0) is 25.4. The molecule has 186 valence electrons. The number of anilines is 1. The Morgan fingerprint density at radius 2 is 1.91 bits per heavy atom. The van der Waals surface area contributed by atoms with Gasteiger partial charge in [-0.15, -0.1) is 0 Å². The zero-order valence-corrected chi connectivity index (χ0v) is 18.6. The van der Waals surface area contributed by atoms with E-state index in [0.29, 0.717) is 11.9 Å². The Morgan fingerprint density at radius 1 is 1.20 bits per heavy atom. The van der Waals surface area contributed by atoms with Crippen molar-refractivity contribution in [1.82, 2.24) is 24.9 Å². The molecule has 35 heavy (non-hydrogen) atoms. The van der Waals surface area contributed by atoms with Crippen LogP contribution in [0.4, 0.5) is 27.8 Å². The van der Waals surface area contributed by atoms with Crippen molar-refractivity contribution in [3.63, 3.8) is 0 Å². The number of benzene rings is 1. The first-order valence-corrected chi connectivity index (χ1v) is 10.6. The quantitative estimate of drug-likeness (QED) is 0.539. The number of aromatic nitrogens is 4. The van der Waals surface area contributed by atoms with Gasteiger partial charge in [-0.05, 0) is 38.1 Å². The zero-order valence-electron chi connectivity index (χ0n) is 18.6. The topological polar surface area (TPSA) is 85.2 Å². The molecule has 13 heteroatoms. The van der Waals surface area contributed by atoms with Gasteiger partial charge in [-0.1, -0.05) is 11.6 Å². The average Bonchev–Trinajstić information content (AvgIpc) is 3.31. The van der Waals surface area contributed by atoms with Gasteiger partial charge < -0.3 is 15.0 Å². The van der Waals surface area contributed by atoms with Crippen LogP contribution in [0.1, 0.15) is 28.4 Å². The molecule has 2 aromatic heterocycles. The smallest absolute Gasteiger partial charge is 0.368 e. The highest BCUT2D eigenvalue weighted by Gasteiger charge is 2.47. The van der Waals surface area contributed by atoms with Crippen LogP contribution in [0.25, 0.3) is 5.69 Å². The highest BCUT2D eigenvalue weighted by atomic mass is 19.4. The second-order valence-corrected chi connectivity index (χ2v) is 8.11. The maximum atomic E-state index is 14.3. The van der Waals surface area contributed by atoms with Crippen LogP contribution in [0.3, 0.4) is 0 Å². The lowest BCUT2D eigenvalue weighted by Crippen LogP contribution is -2.61. The van der Waals surface area contributed by atoms with Crippen LogP contribution in [-0.4, -0.2) is 62.1 Å². The van der Waals surface area contributed by atoms with E-state index in [2.05, 4.69) is 20.5 Å². The fourth-order valence-corrected chi connectivity index (χ4v) is 3.82. The SMILES string of the molecule is Cc1ccc(-n2nccn2)c(C(=O)N2CC(F)(F)O[C@@H](C)[C@H]2CNc2ccc(C(F)(F)F)cn2)c1. The second kappa shape index (κ2) is 9.21. The van der Waals surface area contributed by atoms with Gasteiger partial charge in [-0.25, -0.2) is 4.98 Å². The summed E-state index contributed by atoms with van der Waals surface area (Å²) in [6.07, 6.45) is -5.73. The molecule has 3 heterocycles. The summed E-state index contributed by atoms with van der Waals surface area (Å²) >= 11 is 0. The fourth-order valence-electron chi connectivity index (χ4n) is 3.82. The number of carbonyl (C=O) groups is 1. The molecule has 8 nitrogen and oxygen atoms in total. The molecular formula is C22H21F5N6O2. The Bertz CT molecular complexity index is 1180. The van der Waals surface area contributed by atoms with E-state index in [1.165, 1.54) is 24.1 Å². The van der Waals surface area contributed by atoms with Crippen molar-refractivity contribution in [2.45, 2.75) is 38.3 Å².